The maximum Gasteiger partial charge on any atom is 0.292 e. The molecule has 5 nitrogen and oxygen atoms in total. The Bertz CT molecular complexity index is 647. The molecular formula is C15H15ClN2O3. The summed E-state index contributed by atoms with van der Waals surface area (Å²) in [6, 6.07) is 12.3. The van der Waals surface area contributed by atoms with Crippen molar-refractivity contribution in [1.29, 1.82) is 0 Å². The van der Waals surface area contributed by atoms with Crippen LogP contribution in [0.2, 0.25) is 5.02 Å². The highest BCUT2D eigenvalue weighted by atomic mass is 35.5. The second kappa shape index (κ2) is 7.06. The number of nitro benzene ring substituents is 1. The first kappa shape index (κ1) is 15.3. The van der Waals surface area contributed by atoms with Crippen molar-refractivity contribution in [3.05, 3.63) is 68.7 Å². The average Bonchev–Trinajstić information content (AvgIpc) is 2.48. The zero-order valence-corrected chi connectivity index (χ0v) is 12.3. The summed E-state index contributed by atoms with van der Waals surface area (Å²) in [5, 5.41) is 14.3. The van der Waals surface area contributed by atoms with Crippen LogP contribution in [0.5, 0.6) is 0 Å². The molecule has 0 radical (unpaired) electrons. The highest BCUT2D eigenvalue weighted by Gasteiger charge is 2.12. The van der Waals surface area contributed by atoms with E-state index in [9.17, 15) is 10.1 Å². The van der Waals surface area contributed by atoms with Crippen LogP contribution < -0.4 is 5.32 Å². The highest BCUT2D eigenvalue weighted by molar-refractivity contribution is 6.31. The SMILES string of the molecule is CNc1cc(COCc2ccccc2Cl)ccc1[N+](=O)[O-]. The van der Waals surface area contributed by atoms with Crippen molar-refractivity contribution in [3.63, 3.8) is 0 Å². The van der Waals surface area contributed by atoms with Gasteiger partial charge in [0.15, 0.2) is 0 Å². The third kappa shape index (κ3) is 3.93. The van der Waals surface area contributed by atoms with E-state index >= 15 is 0 Å². The van der Waals surface area contributed by atoms with Crippen molar-refractivity contribution in [2.75, 3.05) is 12.4 Å². The van der Waals surface area contributed by atoms with Crippen LogP contribution in [0.15, 0.2) is 42.5 Å². The molecule has 0 saturated heterocycles. The van der Waals surface area contributed by atoms with Crippen molar-refractivity contribution in [2.24, 2.45) is 0 Å². The standard InChI is InChI=1S/C15H15ClN2O3/c1-17-14-8-11(6-7-15(14)18(19)20)9-21-10-12-4-2-3-5-13(12)16/h2-8,17H,9-10H2,1H3. The van der Waals surface area contributed by atoms with Gasteiger partial charge in [0.2, 0.25) is 0 Å². The van der Waals surface area contributed by atoms with Crippen LogP contribution in [0.3, 0.4) is 0 Å². The number of hydrogen-bond acceptors (Lipinski definition) is 4. The number of benzene rings is 2. The fourth-order valence-corrected chi connectivity index (χ4v) is 2.12. The lowest BCUT2D eigenvalue weighted by Gasteiger charge is -2.08. The molecule has 0 aliphatic carbocycles. The van der Waals surface area contributed by atoms with E-state index in [0.717, 1.165) is 11.1 Å². The molecule has 0 atom stereocenters. The topological polar surface area (TPSA) is 64.4 Å². The highest BCUT2D eigenvalue weighted by Crippen LogP contribution is 2.25. The van der Waals surface area contributed by atoms with Gasteiger partial charge in [0, 0.05) is 18.1 Å². The number of nitrogens with one attached hydrogen (secondary N) is 1. The summed E-state index contributed by atoms with van der Waals surface area (Å²) in [5.41, 5.74) is 2.29. The van der Waals surface area contributed by atoms with Crippen LogP contribution >= 0.6 is 11.6 Å². The molecule has 2 aromatic carbocycles. The van der Waals surface area contributed by atoms with Crippen LogP contribution in [0.4, 0.5) is 11.4 Å². The summed E-state index contributed by atoms with van der Waals surface area (Å²) in [6.07, 6.45) is 0. The molecule has 0 unspecified atom stereocenters. The van der Waals surface area contributed by atoms with Crippen molar-refractivity contribution in [1.82, 2.24) is 0 Å². The largest absolute Gasteiger partial charge is 0.383 e. The summed E-state index contributed by atoms with van der Waals surface area (Å²) >= 11 is 6.04. The van der Waals surface area contributed by atoms with Crippen LogP contribution in [0, 0.1) is 10.1 Å². The zero-order chi connectivity index (χ0) is 15.2. The second-order valence-corrected chi connectivity index (χ2v) is 4.85. The second-order valence-electron chi connectivity index (χ2n) is 4.44. The normalized spacial score (nSPS) is 10.4. The van der Waals surface area contributed by atoms with Crippen LogP contribution in [0.25, 0.3) is 0 Å². The Morgan fingerprint density at radius 2 is 2.00 bits per heavy atom. The van der Waals surface area contributed by atoms with E-state index in [1.54, 1.807) is 19.2 Å². The summed E-state index contributed by atoms with van der Waals surface area (Å²) < 4.78 is 5.60. The van der Waals surface area contributed by atoms with Gasteiger partial charge in [0.05, 0.1) is 18.1 Å². The Morgan fingerprint density at radius 1 is 1.24 bits per heavy atom. The number of anilines is 1. The Morgan fingerprint density at radius 3 is 2.67 bits per heavy atom. The molecule has 0 heterocycles. The van der Waals surface area contributed by atoms with Crippen molar-refractivity contribution >= 4 is 23.0 Å². The predicted molar refractivity (Wildman–Crippen MR) is 82.6 cm³/mol. The van der Waals surface area contributed by atoms with Gasteiger partial charge < -0.3 is 10.1 Å². The van der Waals surface area contributed by atoms with Crippen LogP contribution in [0.1, 0.15) is 11.1 Å². The summed E-state index contributed by atoms with van der Waals surface area (Å²) in [7, 11) is 1.65. The number of halogens is 1. The Hall–Kier alpha value is -2.11. The van der Waals surface area contributed by atoms with Crippen LogP contribution in [-0.2, 0) is 18.0 Å². The fraction of sp³-hybridized carbons (Fsp3) is 0.200. The van der Waals surface area contributed by atoms with Gasteiger partial charge in [0.1, 0.15) is 5.69 Å². The smallest absolute Gasteiger partial charge is 0.292 e. The van der Waals surface area contributed by atoms with Gasteiger partial charge in [-0.3, -0.25) is 10.1 Å². The minimum atomic E-state index is -0.416. The van der Waals surface area contributed by atoms with Crippen LogP contribution in [-0.4, -0.2) is 12.0 Å². The number of nitro groups is 1. The fourth-order valence-electron chi connectivity index (χ4n) is 1.93. The van der Waals surface area contributed by atoms with Gasteiger partial charge in [-0.25, -0.2) is 0 Å². The minimum absolute atomic E-state index is 0.0485. The van der Waals surface area contributed by atoms with Gasteiger partial charge in [-0.05, 0) is 29.3 Å². The first-order chi connectivity index (χ1) is 10.1. The summed E-state index contributed by atoms with van der Waals surface area (Å²) in [5.74, 6) is 0. The lowest BCUT2D eigenvalue weighted by Crippen LogP contribution is -1.99. The zero-order valence-electron chi connectivity index (χ0n) is 11.5. The van der Waals surface area contributed by atoms with E-state index in [0.29, 0.717) is 23.9 Å². The minimum Gasteiger partial charge on any atom is -0.383 e. The summed E-state index contributed by atoms with van der Waals surface area (Å²) in [4.78, 5) is 10.4. The molecular weight excluding hydrogens is 292 g/mol. The molecule has 0 bridgehead atoms. The predicted octanol–water partition coefficient (Wildman–Crippen LogP) is 4.01. The van der Waals surface area contributed by atoms with E-state index in [2.05, 4.69) is 5.32 Å². The number of hydrogen-bond donors (Lipinski definition) is 1. The molecule has 0 saturated carbocycles. The molecule has 2 aromatic rings. The molecule has 0 aliphatic rings. The third-order valence-corrected chi connectivity index (χ3v) is 3.38. The van der Waals surface area contributed by atoms with E-state index < -0.39 is 4.92 Å². The van der Waals surface area contributed by atoms with E-state index in [4.69, 9.17) is 16.3 Å². The Labute approximate surface area is 127 Å². The quantitative estimate of drug-likeness (QED) is 0.647. The number of nitrogens with zero attached hydrogens (tertiary/aromatic N) is 1. The van der Waals surface area contributed by atoms with E-state index in [1.807, 2.05) is 24.3 Å². The van der Waals surface area contributed by atoms with Gasteiger partial charge in [-0.1, -0.05) is 29.8 Å². The van der Waals surface area contributed by atoms with Gasteiger partial charge >= 0.3 is 0 Å². The van der Waals surface area contributed by atoms with E-state index in [-0.39, 0.29) is 5.69 Å². The molecule has 110 valence electrons. The molecule has 0 fully saturated rings. The van der Waals surface area contributed by atoms with Gasteiger partial charge in [-0.2, -0.15) is 0 Å². The maximum atomic E-state index is 10.8. The van der Waals surface area contributed by atoms with Crippen molar-refractivity contribution in [3.8, 4) is 0 Å². The molecule has 1 N–H and O–H groups in total. The lowest BCUT2D eigenvalue weighted by atomic mass is 10.2. The first-order valence-electron chi connectivity index (χ1n) is 6.38. The molecule has 0 aliphatic heterocycles. The Balaban J connectivity index is 2.01. The summed E-state index contributed by atoms with van der Waals surface area (Å²) in [6.45, 7) is 0.753. The van der Waals surface area contributed by atoms with Crippen molar-refractivity contribution in [2.45, 2.75) is 13.2 Å². The maximum absolute atomic E-state index is 10.8. The molecule has 6 heteroatoms. The molecule has 0 amide bonds. The average molecular weight is 307 g/mol. The molecule has 0 aromatic heterocycles. The Kier molecular flexibility index (Phi) is 5.14. The van der Waals surface area contributed by atoms with Crippen molar-refractivity contribution < 1.29 is 9.66 Å². The molecule has 21 heavy (non-hydrogen) atoms. The monoisotopic (exact) mass is 306 g/mol. The number of rotatable bonds is 6. The van der Waals surface area contributed by atoms with Gasteiger partial charge in [0.25, 0.3) is 5.69 Å². The lowest BCUT2D eigenvalue weighted by molar-refractivity contribution is -0.384. The van der Waals surface area contributed by atoms with E-state index in [1.165, 1.54) is 6.07 Å². The third-order valence-electron chi connectivity index (χ3n) is 3.01. The van der Waals surface area contributed by atoms with Gasteiger partial charge in [-0.15, -0.1) is 0 Å². The molecule has 0 spiro atoms. The first-order valence-corrected chi connectivity index (χ1v) is 6.76. The number of ether oxygens (including phenoxy) is 1. The molecule has 2 rings (SSSR count).